The highest BCUT2D eigenvalue weighted by atomic mass is 32.2. The number of hydrogen-bond donors (Lipinski definition) is 1. The Morgan fingerprint density at radius 2 is 1.88 bits per heavy atom. The number of pyridine rings is 1. The second-order valence-corrected chi connectivity index (χ2v) is 8.98. The Morgan fingerprint density at radius 3 is 2.38 bits per heavy atom. The highest BCUT2D eigenvalue weighted by molar-refractivity contribution is 7.89. The van der Waals surface area contributed by atoms with Crippen LogP contribution < -0.4 is 5.32 Å². The second-order valence-electron chi connectivity index (χ2n) is 7.04. The van der Waals surface area contributed by atoms with Gasteiger partial charge < -0.3 is 5.32 Å². The van der Waals surface area contributed by atoms with Crippen molar-refractivity contribution in [3.63, 3.8) is 0 Å². The molecular weight excluding hydrogens is 328 g/mol. The van der Waals surface area contributed by atoms with Gasteiger partial charge in [0.2, 0.25) is 15.9 Å². The summed E-state index contributed by atoms with van der Waals surface area (Å²) in [7, 11) is -3.52. The number of piperazine rings is 1. The zero-order chi connectivity index (χ0) is 18.0. The monoisotopic (exact) mass is 354 g/mol. The van der Waals surface area contributed by atoms with Gasteiger partial charge in [0.05, 0.1) is 6.04 Å². The van der Waals surface area contributed by atoms with E-state index in [1.165, 1.54) is 10.5 Å². The van der Waals surface area contributed by atoms with E-state index in [9.17, 15) is 13.2 Å². The van der Waals surface area contributed by atoms with Crippen LogP contribution in [-0.4, -0.2) is 66.3 Å². The normalized spacial score (nSPS) is 19.0. The van der Waals surface area contributed by atoms with Crippen molar-refractivity contribution < 1.29 is 13.2 Å². The molecule has 1 atom stereocenters. The van der Waals surface area contributed by atoms with E-state index in [-0.39, 0.29) is 22.4 Å². The lowest BCUT2D eigenvalue weighted by molar-refractivity contribution is -0.127. The minimum absolute atomic E-state index is 0.0360. The molecule has 2 heterocycles. The molecule has 1 saturated heterocycles. The molecule has 1 aromatic rings. The minimum atomic E-state index is -3.52. The molecule has 1 fully saturated rings. The first-order chi connectivity index (χ1) is 11.1. The van der Waals surface area contributed by atoms with Crippen LogP contribution in [0, 0.1) is 0 Å². The van der Waals surface area contributed by atoms with Crippen molar-refractivity contribution in [2.75, 3.05) is 26.2 Å². The number of sulfonamides is 1. The van der Waals surface area contributed by atoms with E-state index < -0.39 is 10.0 Å². The lowest BCUT2D eigenvalue weighted by atomic mass is 10.1. The van der Waals surface area contributed by atoms with Crippen molar-refractivity contribution in [2.24, 2.45) is 0 Å². The number of rotatable bonds is 4. The molecular formula is C16H26N4O3S. The largest absolute Gasteiger partial charge is 0.350 e. The van der Waals surface area contributed by atoms with Gasteiger partial charge in [-0.1, -0.05) is 0 Å². The van der Waals surface area contributed by atoms with Gasteiger partial charge >= 0.3 is 0 Å². The first-order valence-corrected chi connectivity index (χ1v) is 9.51. The summed E-state index contributed by atoms with van der Waals surface area (Å²) in [5, 5.41) is 2.96. The van der Waals surface area contributed by atoms with Crippen LogP contribution in [-0.2, 0) is 14.8 Å². The Balaban J connectivity index is 1.97. The van der Waals surface area contributed by atoms with Crippen LogP contribution in [0.2, 0.25) is 0 Å². The number of hydrogen-bond acceptors (Lipinski definition) is 5. The Kier molecular flexibility index (Phi) is 5.62. The van der Waals surface area contributed by atoms with Gasteiger partial charge in [0.1, 0.15) is 4.90 Å². The summed E-state index contributed by atoms with van der Waals surface area (Å²) in [4.78, 5) is 18.4. The van der Waals surface area contributed by atoms with Crippen LogP contribution in [0.1, 0.15) is 27.7 Å². The van der Waals surface area contributed by atoms with Gasteiger partial charge in [-0.2, -0.15) is 4.31 Å². The molecule has 1 amide bonds. The van der Waals surface area contributed by atoms with Gasteiger partial charge in [-0.25, -0.2) is 8.42 Å². The summed E-state index contributed by atoms with van der Waals surface area (Å²) in [5.74, 6) is -0.0360. The molecule has 0 bridgehead atoms. The molecule has 0 saturated carbocycles. The summed E-state index contributed by atoms with van der Waals surface area (Å²) in [6.07, 6.45) is 2.91. The molecule has 1 aliphatic heterocycles. The quantitative estimate of drug-likeness (QED) is 0.860. The van der Waals surface area contributed by atoms with Gasteiger partial charge in [0.15, 0.2) is 0 Å². The lowest BCUT2D eigenvalue weighted by Crippen LogP contribution is -2.56. The van der Waals surface area contributed by atoms with Gasteiger partial charge in [-0.05, 0) is 39.8 Å². The maximum absolute atomic E-state index is 12.6. The molecule has 0 radical (unpaired) electrons. The summed E-state index contributed by atoms with van der Waals surface area (Å²) in [5.41, 5.74) is -0.281. The van der Waals surface area contributed by atoms with E-state index >= 15 is 0 Å². The smallest absolute Gasteiger partial charge is 0.244 e. The summed E-state index contributed by atoms with van der Waals surface area (Å²) < 4.78 is 26.6. The van der Waals surface area contributed by atoms with Gasteiger partial charge in [0, 0.05) is 44.1 Å². The standard InChI is InChI=1S/C16H26N4O3S/c1-13(15(21)18-16(2,3)4)19-8-10-20(11-9-19)24(22,23)14-6-5-7-17-12-14/h5-7,12-13H,8-11H2,1-4H3,(H,18,21). The van der Waals surface area contributed by atoms with Crippen LogP contribution in [0.25, 0.3) is 0 Å². The summed E-state index contributed by atoms with van der Waals surface area (Å²) in [6.45, 7) is 9.46. The fourth-order valence-electron chi connectivity index (χ4n) is 2.62. The number of nitrogens with zero attached hydrogens (tertiary/aromatic N) is 3. The zero-order valence-corrected chi connectivity index (χ0v) is 15.5. The van der Waals surface area contributed by atoms with Gasteiger partial charge in [0.25, 0.3) is 0 Å². The summed E-state index contributed by atoms with van der Waals surface area (Å²) >= 11 is 0. The number of carbonyl (C=O) groups is 1. The first kappa shape index (κ1) is 18.8. The maximum atomic E-state index is 12.6. The SMILES string of the molecule is CC(C(=O)NC(C)(C)C)N1CCN(S(=O)(=O)c2cccnc2)CC1. The molecule has 1 N–H and O–H groups in total. The fourth-order valence-corrected chi connectivity index (χ4v) is 4.01. The number of carbonyl (C=O) groups excluding carboxylic acids is 1. The number of amides is 1. The Morgan fingerprint density at radius 1 is 1.25 bits per heavy atom. The van der Waals surface area contributed by atoms with E-state index in [0.29, 0.717) is 26.2 Å². The van der Waals surface area contributed by atoms with Gasteiger partial charge in [-0.3, -0.25) is 14.7 Å². The Bertz CT molecular complexity index is 662. The Labute approximate surface area is 144 Å². The fraction of sp³-hybridized carbons (Fsp3) is 0.625. The van der Waals surface area contributed by atoms with Crippen molar-refractivity contribution in [3.8, 4) is 0 Å². The predicted molar refractivity (Wildman–Crippen MR) is 91.9 cm³/mol. The van der Waals surface area contributed by atoms with E-state index in [2.05, 4.69) is 10.3 Å². The van der Waals surface area contributed by atoms with Crippen LogP contribution in [0.4, 0.5) is 0 Å². The molecule has 1 aromatic heterocycles. The molecule has 0 spiro atoms. The third-order valence-electron chi connectivity index (χ3n) is 3.97. The van der Waals surface area contributed by atoms with Crippen LogP contribution >= 0.6 is 0 Å². The molecule has 0 aromatic carbocycles. The first-order valence-electron chi connectivity index (χ1n) is 8.07. The molecule has 2 rings (SSSR count). The van der Waals surface area contributed by atoms with Gasteiger partial charge in [-0.15, -0.1) is 0 Å². The van der Waals surface area contributed by atoms with E-state index in [4.69, 9.17) is 0 Å². The molecule has 24 heavy (non-hydrogen) atoms. The van der Waals surface area contributed by atoms with E-state index in [0.717, 1.165) is 0 Å². The molecule has 134 valence electrons. The Hall–Kier alpha value is -1.51. The lowest BCUT2D eigenvalue weighted by Gasteiger charge is -2.37. The van der Waals surface area contributed by atoms with Crippen molar-refractivity contribution in [1.29, 1.82) is 0 Å². The summed E-state index contributed by atoms with van der Waals surface area (Å²) in [6, 6.07) is 2.88. The van der Waals surface area contributed by atoms with Crippen LogP contribution in [0.5, 0.6) is 0 Å². The number of nitrogens with one attached hydrogen (secondary N) is 1. The molecule has 7 nitrogen and oxygen atoms in total. The minimum Gasteiger partial charge on any atom is -0.350 e. The average molecular weight is 354 g/mol. The van der Waals surface area contributed by atoms with Crippen LogP contribution in [0.3, 0.4) is 0 Å². The number of aromatic nitrogens is 1. The topological polar surface area (TPSA) is 82.6 Å². The molecule has 1 unspecified atom stereocenters. The molecule has 8 heteroatoms. The zero-order valence-electron chi connectivity index (χ0n) is 14.7. The van der Waals surface area contributed by atoms with Crippen molar-refractivity contribution >= 4 is 15.9 Å². The van der Waals surface area contributed by atoms with E-state index in [1.807, 2.05) is 32.6 Å². The third kappa shape index (κ3) is 4.52. The highest BCUT2D eigenvalue weighted by Crippen LogP contribution is 2.17. The predicted octanol–water partition coefficient (Wildman–Crippen LogP) is 0.691. The molecule has 1 aliphatic rings. The van der Waals surface area contributed by atoms with Crippen molar-refractivity contribution in [1.82, 2.24) is 19.5 Å². The highest BCUT2D eigenvalue weighted by Gasteiger charge is 2.32. The van der Waals surface area contributed by atoms with Crippen molar-refractivity contribution in [2.45, 2.75) is 44.2 Å². The van der Waals surface area contributed by atoms with Crippen molar-refractivity contribution in [3.05, 3.63) is 24.5 Å². The average Bonchev–Trinajstić information content (AvgIpc) is 2.53. The molecule has 0 aliphatic carbocycles. The maximum Gasteiger partial charge on any atom is 0.244 e. The third-order valence-corrected chi connectivity index (χ3v) is 5.85. The second kappa shape index (κ2) is 7.16. The van der Waals surface area contributed by atoms with E-state index in [1.54, 1.807) is 18.3 Å². The van der Waals surface area contributed by atoms with Crippen LogP contribution in [0.15, 0.2) is 29.4 Å².